The van der Waals surface area contributed by atoms with E-state index < -0.39 is 0 Å². The number of carbonyl (C=O) groups excluding carboxylic acids is 1. The maximum Gasteiger partial charge on any atom is 0.269 e. The first-order chi connectivity index (χ1) is 9.22. The molecule has 0 saturated heterocycles. The van der Waals surface area contributed by atoms with Gasteiger partial charge in [0.05, 0.1) is 5.52 Å². The zero-order valence-corrected chi connectivity index (χ0v) is 10.7. The van der Waals surface area contributed by atoms with Crippen LogP contribution >= 0.6 is 0 Å². The van der Waals surface area contributed by atoms with Gasteiger partial charge in [-0.15, -0.1) is 0 Å². The molecule has 4 heteroatoms. The number of benzene rings is 1. The van der Waals surface area contributed by atoms with E-state index in [1.54, 1.807) is 6.07 Å². The molecule has 3 rings (SSSR count). The first kappa shape index (κ1) is 12.1. The molecule has 1 aliphatic carbocycles. The van der Waals surface area contributed by atoms with Gasteiger partial charge in [0.15, 0.2) is 0 Å². The van der Waals surface area contributed by atoms with Crippen LogP contribution in [0.4, 0.5) is 0 Å². The van der Waals surface area contributed by atoms with Crippen molar-refractivity contribution in [3.63, 3.8) is 0 Å². The molecule has 1 saturated carbocycles. The van der Waals surface area contributed by atoms with Crippen LogP contribution in [-0.2, 0) is 0 Å². The summed E-state index contributed by atoms with van der Waals surface area (Å²) in [6.07, 6.45) is 2.21. The van der Waals surface area contributed by atoms with Crippen LogP contribution in [0.15, 0.2) is 36.4 Å². The van der Waals surface area contributed by atoms with E-state index in [-0.39, 0.29) is 11.3 Å². The van der Waals surface area contributed by atoms with Gasteiger partial charge in [-0.05, 0) is 31.5 Å². The molecule has 3 N–H and O–H groups in total. The average Bonchev–Trinajstić information content (AvgIpc) is 3.25. The summed E-state index contributed by atoms with van der Waals surface area (Å²) in [5.74, 6) is -0.120. The molecular formula is C15H17N3O. The molecule has 0 spiro atoms. The number of aromatic nitrogens is 1. The Morgan fingerprint density at radius 2 is 2.05 bits per heavy atom. The molecule has 1 amide bonds. The minimum absolute atomic E-state index is 0.120. The summed E-state index contributed by atoms with van der Waals surface area (Å²) in [5.41, 5.74) is 7.15. The van der Waals surface area contributed by atoms with Crippen LogP contribution in [-0.4, -0.2) is 24.0 Å². The van der Waals surface area contributed by atoms with Crippen molar-refractivity contribution in [2.75, 3.05) is 13.1 Å². The molecule has 1 fully saturated rings. The summed E-state index contributed by atoms with van der Waals surface area (Å²) in [5, 5.41) is 3.98. The molecule has 98 valence electrons. The van der Waals surface area contributed by atoms with E-state index >= 15 is 0 Å². The number of nitrogens with zero attached hydrogens (tertiary/aromatic N) is 1. The van der Waals surface area contributed by atoms with Crippen LogP contribution in [0.3, 0.4) is 0 Å². The molecule has 19 heavy (non-hydrogen) atoms. The van der Waals surface area contributed by atoms with E-state index in [4.69, 9.17) is 5.73 Å². The van der Waals surface area contributed by atoms with Crippen LogP contribution in [0.1, 0.15) is 23.3 Å². The third-order valence-corrected chi connectivity index (χ3v) is 3.85. The zero-order valence-electron chi connectivity index (χ0n) is 10.7. The summed E-state index contributed by atoms with van der Waals surface area (Å²) >= 11 is 0. The van der Waals surface area contributed by atoms with Gasteiger partial charge in [-0.25, -0.2) is 4.98 Å². The van der Waals surface area contributed by atoms with Crippen LogP contribution in [0.5, 0.6) is 0 Å². The normalized spacial score (nSPS) is 16.3. The SMILES string of the molecule is NCC1(CNC(=O)c2ccc3ccccc3n2)CC1. The van der Waals surface area contributed by atoms with Crippen LogP contribution < -0.4 is 11.1 Å². The minimum atomic E-state index is -0.120. The topological polar surface area (TPSA) is 68.0 Å². The van der Waals surface area contributed by atoms with Crippen molar-refractivity contribution in [1.29, 1.82) is 0 Å². The van der Waals surface area contributed by atoms with Gasteiger partial charge in [0.2, 0.25) is 0 Å². The number of hydrogen-bond donors (Lipinski definition) is 2. The molecule has 1 aromatic heterocycles. The van der Waals surface area contributed by atoms with Crippen molar-refractivity contribution in [3.8, 4) is 0 Å². The molecule has 0 radical (unpaired) electrons. The monoisotopic (exact) mass is 255 g/mol. The van der Waals surface area contributed by atoms with Crippen molar-refractivity contribution in [2.24, 2.45) is 11.1 Å². The fourth-order valence-corrected chi connectivity index (χ4v) is 2.18. The van der Waals surface area contributed by atoms with E-state index in [2.05, 4.69) is 10.3 Å². The largest absolute Gasteiger partial charge is 0.350 e. The molecule has 1 heterocycles. The number of nitrogens with two attached hydrogens (primary N) is 1. The number of fused-ring (bicyclic) bond motifs is 1. The van der Waals surface area contributed by atoms with Crippen molar-refractivity contribution in [3.05, 3.63) is 42.1 Å². The molecule has 0 bridgehead atoms. The summed E-state index contributed by atoms with van der Waals surface area (Å²) in [6, 6.07) is 11.5. The van der Waals surface area contributed by atoms with Crippen molar-refractivity contribution in [2.45, 2.75) is 12.8 Å². The lowest BCUT2D eigenvalue weighted by Crippen LogP contribution is -2.34. The van der Waals surface area contributed by atoms with Gasteiger partial charge in [-0.3, -0.25) is 4.79 Å². The van der Waals surface area contributed by atoms with Crippen LogP contribution in [0, 0.1) is 5.41 Å². The smallest absolute Gasteiger partial charge is 0.269 e. The number of rotatable bonds is 4. The number of nitrogens with one attached hydrogen (secondary N) is 1. The maximum absolute atomic E-state index is 12.1. The van der Waals surface area contributed by atoms with Gasteiger partial charge in [0, 0.05) is 17.3 Å². The molecule has 0 atom stereocenters. The number of carbonyl (C=O) groups is 1. The average molecular weight is 255 g/mol. The van der Waals surface area contributed by atoms with Crippen LogP contribution in [0.2, 0.25) is 0 Å². The fraction of sp³-hybridized carbons (Fsp3) is 0.333. The molecule has 1 aromatic carbocycles. The van der Waals surface area contributed by atoms with Crippen molar-refractivity contribution in [1.82, 2.24) is 10.3 Å². The summed E-state index contributed by atoms with van der Waals surface area (Å²) in [7, 11) is 0. The number of amides is 1. The van der Waals surface area contributed by atoms with E-state index in [9.17, 15) is 4.79 Å². The number of pyridine rings is 1. The highest BCUT2D eigenvalue weighted by atomic mass is 16.1. The van der Waals surface area contributed by atoms with E-state index in [0.29, 0.717) is 18.8 Å². The highest BCUT2D eigenvalue weighted by molar-refractivity contribution is 5.94. The highest BCUT2D eigenvalue weighted by Gasteiger charge is 2.41. The second kappa shape index (κ2) is 4.63. The van der Waals surface area contributed by atoms with E-state index in [1.807, 2.05) is 30.3 Å². The Labute approximate surface area is 112 Å². The Hall–Kier alpha value is -1.94. The lowest BCUT2D eigenvalue weighted by atomic mass is 10.1. The predicted molar refractivity (Wildman–Crippen MR) is 74.8 cm³/mol. The van der Waals surface area contributed by atoms with Gasteiger partial charge >= 0.3 is 0 Å². The highest BCUT2D eigenvalue weighted by Crippen LogP contribution is 2.43. The van der Waals surface area contributed by atoms with Gasteiger partial charge in [-0.2, -0.15) is 0 Å². The third kappa shape index (κ3) is 2.44. The van der Waals surface area contributed by atoms with Gasteiger partial charge in [0.25, 0.3) is 5.91 Å². The molecular weight excluding hydrogens is 238 g/mol. The standard InChI is InChI=1S/C15H17N3O/c16-9-15(7-8-15)10-17-14(19)13-6-5-11-3-1-2-4-12(11)18-13/h1-6H,7-10,16H2,(H,17,19). The van der Waals surface area contributed by atoms with Crippen molar-refractivity contribution < 1.29 is 4.79 Å². The van der Waals surface area contributed by atoms with Crippen LogP contribution in [0.25, 0.3) is 10.9 Å². The second-order valence-electron chi connectivity index (χ2n) is 5.28. The number of para-hydroxylation sites is 1. The lowest BCUT2D eigenvalue weighted by Gasteiger charge is -2.13. The van der Waals surface area contributed by atoms with Gasteiger partial charge in [0.1, 0.15) is 5.69 Å². The molecule has 2 aromatic rings. The number of hydrogen-bond acceptors (Lipinski definition) is 3. The van der Waals surface area contributed by atoms with Gasteiger partial charge < -0.3 is 11.1 Å². The Balaban J connectivity index is 1.74. The first-order valence-corrected chi connectivity index (χ1v) is 6.57. The fourth-order valence-electron chi connectivity index (χ4n) is 2.18. The summed E-state index contributed by atoms with van der Waals surface area (Å²) in [4.78, 5) is 16.4. The minimum Gasteiger partial charge on any atom is -0.350 e. The van der Waals surface area contributed by atoms with Gasteiger partial charge in [-0.1, -0.05) is 24.3 Å². The lowest BCUT2D eigenvalue weighted by molar-refractivity contribution is 0.0941. The predicted octanol–water partition coefficient (Wildman–Crippen LogP) is 1.70. The summed E-state index contributed by atoms with van der Waals surface area (Å²) < 4.78 is 0. The van der Waals surface area contributed by atoms with E-state index in [1.165, 1.54) is 0 Å². The Kier molecular flexibility index (Phi) is 2.95. The molecule has 4 nitrogen and oxygen atoms in total. The Morgan fingerprint density at radius 3 is 2.79 bits per heavy atom. The van der Waals surface area contributed by atoms with Crippen molar-refractivity contribution >= 4 is 16.8 Å². The van der Waals surface area contributed by atoms with E-state index in [0.717, 1.165) is 23.7 Å². The quantitative estimate of drug-likeness (QED) is 0.873. The maximum atomic E-state index is 12.1. The Bertz CT molecular complexity index is 620. The second-order valence-corrected chi connectivity index (χ2v) is 5.28. The summed E-state index contributed by atoms with van der Waals surface area (Å²) in [6.45, 7) is 1.29. The Morgan fingerprint density at radius 1 is 1.26 bits per heavy atom. The first-order valence-electron chi connectivity index (χ1n) is 6.57. The molecule has 0 unspecified atom stereocenters. The molecule has 1 aliphatic rings. The molecule has 0 aliphatic heterocycles. The third-order valence-electron chi connectivity index (χ3n) is 3.85. The zero-order chi connectivity index (χ0) is 13.3.